The van der Waals surface area contributed by atoms with Crippen LogP contribution in [0, 0.1) is 5.92 Å². The second-order valence-corrected chi connectivity index (χ2v) is 5.57. The average Bonchev–Trinajstić information content (AvgIpc) is 2.16. The number of hydrogen-bond donors (Lipinski definition) is 2. The molecule has 0 radical (unpaired) electrons. The Kier molecular flexibility index (Phi) is 3.41. The van der Waals surface area contributed by atoms with E-state index in [2.05, 4.69) is 0 Å². The van der Waals surface area contributed by atoms with Gasteiger partial charge in [-0.25, -0.2) is 4.48 Å². The zero-order chi connectivity index (χ0) is 11.7. The van der Waals surface area contributed by atoms with Crippen LogP contribution in [0.1, 0.15) is 33.6 Å². The molecule has 15 heavy (non-hydrogen) atoms. The molecule has 1 unspecified atom stereocenters. The van der Waals surface area contributed by atoms with E-state index in [1.807, 2.05) is 20.8 Å². The maximum Gasteiger partial charge on any atom is 0.513 e. The van der Waals surface area contributed by atoms with Crippen LogP contribution in [-0.4, -0.2) is 40.9 Å². The van der Waals surface area contributed by atoms with Gasteiger partial charge in [0.05, 0.1) is 13.1 Å². The molecule has 1 rings (SSSR count). The molecule has 3 N–H and O–H groups in total. The number of rotatable bonds is 1. The van der Waals surface area contributed by atoms with Crippen LogP contribution in [0.2, 0.25) is 0 Å². The van der Waals surface area contributed by atoms with E-state index in [1.165, 1.54) is 0 Å². The van der Waals surface area contributed by atoms with Crippen LogP contribution in [0.4, 0.5) is 4.79 Å². The van der Waals surface area contributed by atoms with Crippen LogP contribution in [0.5, 0.6) is 0 Å². The van der Waals surface area contributed by atoms with E-state index in [4.69, 9.17) is 5.73 Å². The zero-order valence-corrected chi connectivity index (χ0v) is 9.99. The number of nitrogens with two attached hydrogens (primary N) is 1. The molecule has 0 aromatic heterocycles. The third-order valence-electron chi connectivity index (χ3n) is 3.71. The van der Waals surface area contributed by atoms with Crippen LogP contribution < -0.4 is 5.73 Å². The van der Waals surface area contributed by atoms with Crippen molar-refractivity contribution in [3.05, 3.63) is 0 Å². The van der Waals surface area contributed by atoms with Crippen molar-refractivity contribution in [2.75, 3.05) is 19.6 Å². The summed E-state index contributed by atoms with van der Waals surface area (Å²) in [6.45, 7) is 8.01. The Morgan fingerprint density at radius 1 is 1.53 bits per heavy atom. The molecular formula is C11H23N2O2+. The van der Waals surface area contributed by atoms with E-state index in [9.17, 15) is 9.90 Å². The summed E-state index contributed by atoms with van der Waals surface area (Å²) in [4.78, 5) is 11.5. The molecular weight excluding hydrogens is 192 g/mol. The molecule has 0 bridgehead atoms. The van der Waals surface area contributed by atoms with Crippen LogP contribution in [0.3, 0.4) is 0 Å². The Bertz CT molecular complexity index is 247. The molecule has 1 heterocycles. The van der Waals surface area contributed by atoms with Gasteiger partial charge in [0.1, 0.15) is 5.54 Å². The van der Waals surface area contributed by atoms with E-state index in [0.29, 0.717) is 19.0 Å². The second kappa shape index (κ2) is 4.10. The molecule has 1 amide bonds. The molecule has 1 aliphatic rings. The Morgan fingerprint density at radius 3 is 2.53 bits per heavy atom. The maximum absolute atomic E-state index is 11.5. The third-order valence-corrected chi connectivity index (χ3v) is 3.71. The average molecular weight is 215 g/mol. The molecule has 0 aromatic rings. The molecule has 2 atom stereocenters. The molecule has 0 spiro atoms. The summed E-state index contributed by atoms with van der Waals surface area (Å²) in [6.07, 6.45) is 1.33. The Balaban J connectivity index is 2.96. The highest BCUT2D eigenvalue weighted by atomic mass is 16.4. The number of carbonyl (C=O) groups is 1. The van der Waals surface area contributed by atoms with Crippen molar-refractivity contribution in [3.8, 4) is 0 Å². The number of quaternary nitrogens is 1. The van der Waals surface area contributed by atoms with Gasteiger partial charge in [0.2, 0.25) is 0 Å². The quantitative estimate of drug-likeness (QED) is 0.654. The minimum absolute atomic E-state index is 0.162. The minimum Gasteiger partial charge on any atom is -0.435 e. The van der Waals surface area contributed by atoms with Gasteiger partial charge < -0.3 is 10.8 Å². The summed E-state index contributed by atoms with van der Waals surface area (Å²) < 4.78 is 0.162. The molecule has 0 aromatic carbocycles. The summed E-state index contributed by atoms with van der Waals surface area (Å²) in [5.74, 6) is 0.356. The number of hydrogen-bond acceptors (Lipinski definition) is 2. The van der Waals surface area contributed by atoms with Crippen LogP contribution in [0.25, 0.3) is 0 Å². The smallest absolute Gasteiger partial charge is 0.435 e. The van der Waals surface area contributed by atoms with Gasteiger partial charge in [0.25, 0.3) is 0 Å². The summed E-state index contributed by atoms with van der Waals surface area (Å²) in [5.41, 5.74) is 5.41. The second-order valence-electron chi connectivity index (χ2n) is 5.57. The van der Waals surface area contributed by atoms with E-state index in [1.54, 1.807) is 0 Å². The fourth-order valence-corrected chi connectivity index (χ4v) is 2.54. The van der Waals surface area contributed by atoms with Gasteiger partial charge in [-0.15, -0.1) is 0 Å². The molecule has 4 heteroatoms. The first-order valence-corrected chi connectivity index (χ1v) is 5.64. The van der Waals surface area contributed by atoms with E-state index in [-0.39, 0.29) is 10.0 Å². The van der Waals surface area contributed by atoms with E-state index < -0.39 is 6.09 Å². The first kappa shape index (κ1) is 12.5. The number of piperidine rings is 1. The Labute approximate surface area is 91.6 Å². The summed E-state index contributed by atoms with van der Waals surface area (Å²) >= 11 is 0. The lowest BCUT2D eigenvalue weighted by Gasteiger charge is -2.47. The van der Waals surface area contributed by atoms with Gasteiger partial charge >= 0.3 is 6.09 Å². The van der Waals surface area contributed by atoms with Gasteiger partial charge in [0.15, 0.2) is 0 Å². The van der Waals surface area contributed by atoms with Crippen molar-refractivity contribution in [1.82, 2.24) is 0 Å². The van der Waals surface area contributed by atoms with E-state index in [0.717, 1.165) is 19.4 Å². The first-order valence-electron chi connectivity index (χ1n) is 5.64. The Morgan fingerprint density at radius 2 is 2.13 bits per heavy atom. The highest BCUT2D eigenvalue weighted by Crippen LogP contribution is 2.32. The minimum atomic E-state index is -0.708. The van der Waals surface area contributed by atoms with Gasteiger partial charge in [0, 0.05) is 12.5 Å². The number of likely N-dealkylation sites (tertiary alicyclic amines) is 1. The molecule has 0 aliphatic carbocycles. The van der Waals surface area contributed by atoms with E-state index >= 15 is 0 Å². The van der Waals surface area contributed by atoms with Crippen molar-refractivity contribution in [3.63, 3.8) is 0 Å². The highest BCUT2D eigenvalue weighted by molar-refractivity contribution is 5.57. The standard InChI is InChI=1S/C11H22N2O2/c1-11(2,3)13(10(14)15)6-4-5-9(7-12)8-13/h9H,4-8,12H2,1-3H3/p+1/t9-,13?/m0/s1. The van der Waals surface area contributed by atoms with Crippen LogP contribution >= 0.6 is 0 Å². The summed E-state index contributed by atoms with van der Waals surface area (Å²) in [6, 6.07) is 0. The van der Waals surface area contributed by atoms with Crippen molar-refractivity contribution in [2.24, 2.45) is 11.7 Å². The SMILES string of the molecule is CC(C)(C)[N+]1(C(=O)O)CCC[C@@H](CN)C1. The van der Waals surface area contributed by atoms with Gasteiger partial charge in [-0.1, -0.05) is 0 Å². The lowest BCUT2D eigenvalue weighted by Crippen LogP contribution is -2.67. The predicted octanol–water partition coefficient (Wildman–Crippen LogP) is 1.65. The fraction of sp³-hybridized carbons (Fsp3) is 0.909. The number of carboxylic acid groups (broad SMARTS) is 1. The molecule has 1 saturated heterocycles. The Hall–Kier alpha value is -0.610. The van der Waals surface area contributed by atoms with Gasteiger partial charge in [-0.3, -0.25) is 0 Å². The third kappa shape index (κ3) is 2.16. The predicted molar refractivity (Wildman–Crippen MR) is 59.6 cm³/mol. The number of nitrogens with zero attached hydrogens (tertiary/aromatic N) is 1. The van der Waals surface area contributed by atoms with Crippen molar-refractivity contribution in [1.29, 1.82) is 0 Å². The lowest BCUT2D eigenvalue weighted by atomic mass is 9.90. The zero-order valence-electron chi connectivity index (χ0n) is 9.99. The first-order chi connectivity index (χ1) is 6.83. The molecule has 88 valence electrons. The topological polar surface area (TPSA) is 63.3 Å². The molecule has 4 nitrogen and oxygen atoms in total. The highest BCUT2D eigenvalue weighted by Gasteiger charge is 2.50. The molecule has 1 fully saturated rings. The molecule has 0 saturated carbocycles. The normalized spacial score (nSPS) is 32.7. The summed E-state index contributed by atoms with van der Waals surface area (Å²) in [7, 11) is 0. The van der Waals surface area contributed by atoms with Crippen molar-refractivity contribution < 1.29 is 14.4 Å². The number of amides is 1. The lowest BCUT2D eigenvalue weighted by molar-refractivity contribution is -0.911. The van der Waals surface area contributed by atoms with Gasteiger partial charge in [-0.05, 0) is 33.6 Å². The maximum atomic E-state index is 11.5. The largest absolute Gasteiger partial charge is 0.513 e. The molecule has 1 aliphatic heterocycles. The monoisotopic (exact) mass is 215 g/mol. The van der Waals surface area contributed by atoms with Crippen molar-refractivity contribution >= 4 is 6.09 Å². The summed E-state index contributed by atoms with van der Waals surface area (Å²) in [5, 5.41) is 9.47. The van der Waals surface area contributed by atoms with Crippen molar-refractivity contribution in [2.45, 2.75) is 39.2 Å². The fourth-order valence-electron chi connectivity index (χ4n) is 2.54. The van der Waals surface area contributed by atoms with Gasteiger partial charge in [-0.2, -0.15) is 4.79 Å². The van der Waals surface area contributed by atoms with Crippen LogP contribution in [0.15, 0.2) is 0 Å². The van der Waals surface area contributed by atoms with Crippen LogP contribution in [-0.2, 0) is 0 Å².